The van der Waals surface area contributed by atoms with Crippen molar-refractivity contribution in [2.24, 2.45) is 0 Å². The zero-order chi connectivity index (χ0) is 11.5. The van der Waals surface area contributed by atoms with Crippen LogP contribution in [0, 0.1) is 0 Å². The molecule has 0 radical (unpaired) electrons. The lowest BCUT2D eigenvalue weighted by Crippen LogP contribution is -2.30. The highest BCUT2D eigenvalue weighted by Crippen LogP contribution is 2.20. The zero-order valence-electron chi connectivity index (χ0n) is 8.59. The van der Waals surface area contributed by atoms with E-state index in [2.05, 4.69) is 10.6 Å². The van der Waals surface area contributed by atoms with Crippen LogP contribution in [0.15, 0.2) is 18.2 Å². The Morgan fingerprint density at radius 2 is 2.25 bits per heavy atom. The average Bonchev–Trinajstić information content (AvgIpc) is 2.66. The minimum atomic E-state index is 0.0923. The summed E-state index contributed by atoms with van der Waals surface area (Å²) in [5.74, 6) is 0.0923. The molecule has 2 N–H and O–H groups in total. The van der Waals surface area contributed by atoms with Gasteiger partial charge in [0.05, 0.1) is 0 Å². The van der Waals surface area contributed by atoms with Crippen LogP contribution in [-0.4, -0.2) is 18.5 Å². The summed E-state index contributed by atoms with van der Waals surface area (Å²) in [5.41, 5.74) is 0.952. The third-order valence-electron chi connectivity index (χ3n) is 2.57. The van der Waals surface area contributed by atoms with Gasteiger partial charge < -0.3 is 10.6 Å². The molecular formula is C11H12Cl2N2O. The van der Waals surface area contributed by atoms with Gasteiger partial charge in [0.1, 0.15) is 0 Å². The van der Waals surface area contributed by atoms with Crippen molar-refractivity contribution in [2.75, 3.05) is 6.54 Å². The van der Waals surface area contributed by atoms with Gasteiger partial charge in [0, 0.05) is 35.6 Å². The fourth-order valence-corrected chi connectivity index (χ4v) is 2.06. The van der Waals surface area contributed by atoms with Crippen LogP contribution in [0.1, 0.15) is 12.0 Å². The SMILES string of the molecule is O=C1CC(NCc2cc(Cl)ccc2Cl)CN1. The Morgan fingerprint density at radius 3 is 2.94 bits per heavy atom. The molecule has 2 rings (SSSR count). The van der Waals surface area contributed by atoms with Gasteiger partial charge in [-0.05, 0) is 23.8 Å². The highest BCUT2D eigenvalue weighted by atomic mass is 35.5. The third-order valence-corrected chi connectivity index (χ3v) is 3.17. The van der Waals surface area contributed by atoms with Gasteiger partial charge in [0.25, 0.3) is 0 Å². The summed E-state index contributed by atoms with van der Waals surface area (Å²) in [4.78, 5) is 11.0. The van der Waals surface area contributed by atoms with Crippen LogP contribution in [0.3, 0.4) is 0 Å². The van der Waals surface area contributed by atoms with Crippen LogP contribution >= 0.6 is 23.2 Å². The number of amides is 1. The van der Waals surface area contributed by atoms with Gasteiger partial charge in [0.2, 0.25) is 5.91 Å². The minimum absolute atomic E-state index is 0.0923. The van der Waals surface area contributed by atoms with Crippen LogP contribution in [0.25, 0.3) is 0 Å². The van der Waals surface area contributed by atoms with Crippen molar-refractivity contribution < 1.29 is 4.79 Å². The van der Waals surface area contributed by atoms with E-state index in [0.29, 0.717) is 29.6 Å². The molecule has 0 spiro atoms. The molecule has 5 heteroatoms. The highest BCUT2D eigenvalue weighted by Gasteiger charge is 2.20. The molecule has 0 aliphatic carbocycles. The van der Waals surface area contributed by atoms with Gasteiger partial charge >= 0.3 is 0 Å². The van der Waals surface area contributed by atoms with E-state index in [0.717, 1.165) is 5.56 Å². The van der Waals surface area contributed by atoms with Crippen molar-refractivity contribution in [3.63, 3.8) is 0 Å². The number of carbonyl (C=O) groups excluding carboxylic acids is 1. The molecule has 1 amide bonds. The molecule has 3 nitrogen and oxygen atoms in total. The number of rotatable bonds is 3. The predicted octanol–water partition coefficient (Wildman–Crippen LogP) is 1.97. The standard InChI is InChI=1S/C11H12Cl2N2O/c12-8-1-2-10(13)7(3-8)5-14-9-4-11(16)15-6-9/h1-3,9,14H,4-6H2,(H,15,16). The first-order valence-electron chi connectivity index (χ1n) is 5.09. The van der Waals surface area contributed by atoms with Crippen LogP contribution in [-0.2, 0) is 11.3 Å². The summed E-state index contributed by atoms with van der Waals surface area (Å²) in [5, 5.41) is 7.40. The van der Waals surface area contributed by atoms with Crippen LogP contribution in [0.2, 0.25) is 10.0 Å². The lowest BCUT2D eigenvalue weighted by Gasteiger charge is -2.11. The zero-order valence-corrected chi connectivity index (χ0v) is 10.1. The Kier molecular flexibility index (Phi) is 3.69. The molecule has 1 aliphatic heterocycles. The molecular weight excluding hydrogens is 247 g/mol. The summed E-state index contributed by atoms with van der Waals surface area (Å²) < 4.78 is 0. The molecule has 1 aromatic carbocycles. The molecule has 1 aromatic rings. The Morgan fingerprint density at radius 1 is 1.44 bits per heavy atom. The van der Waals surface area contributed by atoms with Crippen molar-refractivity contribution >= 4 is 29.1 Å². The lowest BCUT2D eigenvalue weighted by molar-refractivity contribution is -0.119. The van der Waals surface area contributed by atoms with E-state index in [4.69, 9.17) is 23.2 Å². The first kappa shape index (κ1) is 11.7. The molecule has 1 aliphatic rings. The van der Waals surface area contributed by atoms with Crippen molar-refractivity contribution in [3.8, 4) is 0 Å². The second-order valence-electron chi connectivity index (χ2n) is 3.82. The van der Waals surface area contributed by atoms with Crippen molar-refractivity contribution in [1.29, 1.82) is 0 Å². The molecule has 1 unspecified atom stereocenters. The van der Waals surface area contributed by atoms with E-state index >= 15 is 0 Å². The maximum Gasteiger partial charge on any atom is 0.221 e. The maximum atomic E-state index is 11.0. The molecule has 0 saturated carbocycles. The van der Waals surface area contributed by atoms with Crippen LogP contribution in [0.5, 0.6) is 0 Å². The largest absolute Gasteiger partial charge is 0.354 e. The second-order valence-corrected chi connectivity index (χ2v) is 4.67. The summed E-state index contributed by atoms with van der Waals surface area (Å²) in [6.07, 6.45) is 0.526. The molecule has 1 atom stereocenters. The number of hydrogen-bond acceptors (Lipinski definition) is 2. The predicted molar refractivity (Wildman–Crippen MR) is 64.7 cm³/mol. The van der Waals surface area contributed by atoms with Gasteiger partial charge in [-0.1, -0.05) is 23.2 Å². The number of halogens is 2. The number of benzene rings is 1. The molecule has 1 saturated heterocycles. The van der Waals surface area contributed by atoms with Crippen molar-refractivity contribution in [3.05, 3.63) is 33.8 Å². The fraction of sp³-hybridized carbons (Fsp3) is 0.364. The Labute approximate surface area is 104 Å². The minimum Gasteiger partial charge on any atom is -0.354 e. The van der Waals surface area contributed by atoms with Gasteiger partial charge in [-0.3, -0.25) is 4.79 Å². The summed E-state index contributed by atoms with van der Waals surface area (Å²) in [7, 11) is 0. The smallest absolute Gasteiger partial charge is 0.221 e. The van der Waals surface area contributed by atoms with Gasteiger partial charge in [0.15, 0.2) is 0 Å². The third kappa shape index (κ3) is 2.88. The molecule has 1 fully saturated rings. The number of nitrogens with one attached hydrogen (secondary N) is 2. The van der Waals surface area contributed by atoms with E-state index in [9.17, 15) is 4.79 Å². The van der Waals surface area contributed by atoms with E-state index < -0.39 is 0 Å². The monoisotopic (exact) mass is 258 g/mol. The molecule has 0 aromatic heterocycles. The molecule has 1 heterocycles. The number of carbonyl (C=O) groups is 1. The van der Waals surface area contributed by atoms with E-state index in [1.54, 1.807) is 12.1 Å². The van der Waals surface area contributed by atoms with E-state index in [-0.39, 0.29) is 11.9 Å². The second kappa shape index (κ2) is 5.04. The van der Waals surface area contributed by atoms with Gasteiger partial charge in [-0.15, -0.1) is 0 Å². The topological polar surface area (TPSA) is 41.1 Å². The Hall–Kier alpha value is -0.770. The van der Waals surface area contributed by atoms with Crippen molar-refractivity contribution in [2.45, 2.75) is 19.0 Å². The lowest BCUT2D eigenvalue weighted by atomic mass is 10.2. The van der Waals surface area contributed by atoms with Crippen LogP contribution in [0.4, 0.5) is 0 Å². The Balaban J connectivity index is 1.94. The average molecular weight is 259 g/mol. The molecule has 16 heavy (non-hydrogen) atoms. The molecule has 86 valence electrons. The first-order valence-corrected chi connectivity index (χ1v) is 5.85. The van der Waals surface area contributed by atoms with E-state index in [1.807, 2.05) is 6.07 Å². The normalized spacial score (nSPS) is 19.9. The first-order chi connectivity index (χ1) is 7.65. The van der Waals surface area contributed by atoms with E-state index in [1.165, 1.54) is 0 Å². The maximum absolute atomic E-state index is 11.0. The summed E-state index contributed by atoms with van der Waals surface area (Å²) in [6.45, 7) is 1.30. The number of hydrogen-bond donors (Lipinski definition) is 2. The fourth-order valence-electron chi connectivity index (χ4n) is 1.68. The van der Waals surface area contributed by atoms with Crippen molar-refractivity contribution in [1.82, 2.24) is 10.6 Å². The van der Waals surface area contributed by atoms with Crippen LogP contribution < -0.4 is 10.6 Å². The highest BCUT2D eigenvalue weighted by molar-refractivity contribution is 6.33. The van der Waals surface area contributed by atoms with Gasteiger partial charge in [-0.2, -0.15) is 0 Å². The summed E-state index contributed by atoms with van der Waals surface area (Å²) >= 11 is 11.9. The Bertz CT molecular complexity index is 409. The van der Waals surface area contributed by atoms with Gasteiger partial charge in [-0.25, -0.2) is 0 Å². The quantitative estimate of drug-likeness (QED) is 0.871. The summed E-state index contributed by atoms with van der Waals surface area (Å²) in [6, 6.07) is 5.55. The molecule has 0 bridgehead atoms.